The van der Waals surface area contributed by atoms with Crippen LogP contribution in [0.5, 0.6) is 0 Å². The van der Waals surface area contributed by atoms with Gasteiger partial charge in [0, 0.05) is 24.2 Å². The minimum absolute atomic E-state index is 0.0701. The second-order valence-electron chi connectivity index (χ2n) is 5.45. The summed E-state index contributed by atoms with van der Waals surface area (Å²) in [5.74, 6) is -0.327. The van der Waals surface area contributed by atoms with Gasteiger partial charge in [-0.3, -0.25) is 4.79 Å². The Bertz CT molecular complexity index is 796. The number of sulfonamides is 1. The Kier molecular flexibility index (Phi) is 5.30. The zero-order valence-corrected chi connectivity index (χ0v) is 14.5. The predicted octanol–water partition coefficient (Wildman–Crippen LogP) is 2.46. The molecule has 0 bridgehead atoms. The van der Waals surface area contributed by atoms with Crippen LogP contribution in [-0.4, -0.2) is 33.6 Å². The summed E-state index contributed by atoms with van der Waals surface area (Å²) in [5, 5.41) is 4.21. The summed E-state index contributed by atoms with van der Waals surface area (Å²) < 4.78 is 32.5. The molecule has 1 fully saturated rings. The van der Waals surface area contributed by atoms with Crippen molar-refractivity contribution in [3.63, 3.8) is 0 Å². The minimum Gasteiger partial charge on any atom is -0.377 e. The number of nitrogens with one attached hydrogen (secondary N) is 2. The van der Waals surface area contributed by atoms with Crippen molar-refractivity contribution in [3.8, 4) is 0 Å². The van der Waals surface area contributed by atoms with Gasteiger partial charge in [0.2, 0.25) is 10.0 Å². The lowest BCUT2D eigenvalue weighted by molar-refractivity contribution is 0.103. The lowest BCUT2D eigenvalue weighted by Gasteiger charge is -2.10. The van der Waals surface area contributed by atoms with Gasteiger partial charge in [-0.1, -0.05) is 18.2 Å². The Labute approximate surface area is 144 Å². The lowest BCUT2D eigenvalue weighted by Crippen LogP contribution is -2.31. The number of ether oxygens (including phenoxy) is 1. The number of carbonyl (C=O) groups is 1. The molecule has 1 aromatic heterocycles. The van der Waals surface area contributed by atoms with Crippen molar-refractivity contribution in [2.24, 2.45) is 0 Å². The van der Waals surface area contributed by atoms with Crippen LogP contribution in [0.4, 0.5) is 5.69 Å². The van der Waals surface area contributed by atoms with E-state index in [1.165, 1.54) is 11.4 Å². The number of hydrogen-bond donors (Lipinski definition) is 2. The molecule has 1 saturated heterocycles. The molecule has 1 aliphatic rings. The van der Waals surface area contributed by atoms with E-state index >= 15 is 0 Å². The monoisotopic (exact) mass is 366 g/mol. The minimum atomic E-state index is -3.63. The van der Waals surface area contributed by atoms with E-state index in [0.29, 0.717) is 17.2 Å². The zero-order chi connectivity index (χ0) is 17.0. The summed E-state index contributed by atoms with van der Waals surface area (Å²) in [7, 11) is -3.63. The lowest BCUT2D eigenvalue weighted by atomic mass is 10.2. The Morgan fingerprint density at radius 3 is 2.79 bits per heavy atom. The molecule has 0 unspecified atom stereocenters. The van der Waals surface area contributed by atoms with E-state index in [4.69, 9.17) is 4.74 Å². The third-order valence-corrected chi connectivity index (χ3v) is 6.15. The summed E-state index contributed by atoms with van der Waals surface area (Å²) in [6.07, 6.45) is 1.74. The topological polar surface area (TPSA) is 84.5 Å². The number of rotatable bonds is 6. The molecule has 2 N–H and O–H groups in total. The number of benzene rings is 1. The standard InChI is InChI=1S/C16H18N2O4S2/c19-16(18-12-5-2-1-3-6-12)15-9-14(11-23-15)24(20,21)17-10-13-7-4-8-22-13/h1-3,5-6,9,11,13,17H,4,7-8,10H2,(H,18,19)/t13-/m0/s1. The molecule has 0 saturated carbocycles. The molecule has 128 valence electrons. The van der Waals surface area contributed by atoms with E-state index in [0.717, 1.165) is 24.2 Å². The second-order valence-corrected chi connectivity index (χ2v) is 8.13. The van der Waals surface area contributed by atoms with Crippen molar-refractivity contribution in [1.82, 2.24) is 4.72 Å². The summed E-state index contributed by atoms with van der Waals surface area (Å²) >= 11 is 1.10. The molecule has 8 heteroatoms. The van der Waals surface area contributed by atoms with Crippen LogP contribution in [-0.2, 0) is 14.8 Å². The average Bonchev–Trinajstić information content (AvgIpc) is 3.26. The molecule has 6 nitrogen and oxygen atoms in total. The Hall–Kier alpha value is -1.74. The van der Waals surface area contributed by atoms with Gasteiger partial charge in [0.05, 0.1) is 15.9 Å². The fraction of sp³-hybridized carbons (Fsp3) is 0.312. The predicted molar refractivity (Wildman–Crippen MR) is 92.9 cm³/mol. The highest BCUT2D eigenvalue weighted by molar-refractivity contribution is 7.89. The highest BCUT2D eigenvalue weighted by atomic mass is 32.2. The van der Waals surface area contributed by atoms with Crippen LogP contribution in [0.1, 0.15) is 22.5 Å². The third kappa shape index (κ3) is 4.21. The van der Waals surface area contributed by atoms with Crippen molar-refractivity contribution in [3.05, 3.63) is 46.7 Å². The first-order chi connectivity index (χ1) is 11.5. The smallest absolute Gasteiger partial charge is 0.265 e. The molecule has 2 heterocycles. The van der Waals surface area contributed by atoms with Crippen molar-refractivity contribution < 1.29 is 17.9 Å². The molecule has 1 aromatic carbocycles. The first-order valence-electron chi connectivity index (χ1n) is 7.61. The molecule has 3 rings (SSSR count). The van der Waals surface area contributed by atoms with Gasteiger partial charge in [0.1, 0.15) is 0 Å². The summed E-state index contributed by atoms with van der Waals surface area (Å²) in [4.78, 5) is 12.6. The van der Waals surface area contributed by atoms with Gasteiger partial charge < -0.3 is 10.1 Å². The first-order valence-corrected chi connectivity index (χ1v) is 9.97. The molecule has 2 aromatic rings. The van der Waals surface area contributed by atoms with E-state index < -0.39 is 10.0 Å². The van der Waals surface area contributed by atoms with Crippen LogP contribution in [0.2, 0.25) is 0 Å². The van der Waals surface area contributed by atoms with Crippen LogP contribution in [0.3, 0.4) is 0 Å². The van der Waals surface area contributed by atoms with Gasteiger partial charge in [0.15, 0.2) is 0 Å². The summed E-state index contributed by atoms with van der Waals surface area (Å²) in [6, 6.07) is 10.4. The maximum atomic E-state index is 12.3. The van der Waals surface area contributed by atoms with E-state index in [2.05, 4.69) is 10.0 Å². The number of amides is 1. The van der Waals surface area contributed by atoms with Crippen LogP contribution in [0.15, 0.2) is 46.7 Å². The molecule has 0 radical (unpaired) electrons. The number of carbonyl (C=O) groups excluding carboxylic acids is 1. The summed E-state index contributed by atoms with van der Waals surface area (Å²) in [6.45, 7) is 0.929. The van der Waals surface area contributed by atoms with Gasteiger partial charge in [-0.05, 0) is 31.0 Å². The largest absolute Gasteiger partial charge is 0.377 e. The van der Waals surface area contributed by atoms with E-state index in [9.17, 15) is 13.2 Å². The van der Waals surface area contributed by atoms with E-state index in [1.54, 1.807) is 12.1 Å². The van der Waals surface area contributed by atoms with Gasteiger partial charge in [-0.25, -0.2) is 13.1 Å². The maximum Gasteiger partial charge on any atom is 0.265 e. The molecular weight excluding hydrogens is 348 g/mol. The van der Waals surface area contributed by atoms with Crippen LogP contribution in [0.25, 0.3) is 0 Å². The number of anilines is 1. The second kappa shape index (κ2) is 7.43. The van der Waals surface area contributed by atoms with Gasteiger partial charge in [0.25, 0.3) is 5.91 Å². The molecule has 24 heavy (non-hydrogen) atoms. The Morgan fingerprint density at radius 1 is 1.29 bits per heavy atom. The molecule has 1 atom stereocenters. The highest BCUT2D eigenvalue weighted by Gasteiger charge is 2.22. The normalized spacial score (nSPS) is 17.8. The molecule has 0 spiro atoms. The number of thiophene rings is 1. The Morgan fingerprint density at radius 2 is 2.08 bits per heavy atom. The SMILES string of the molecule is O=C(Nc1ccccc1)c1cc(S(=O)(=O)NC[C@@H]2CCCO2)cs1. The van der Waals surface area contributed by atoms with E-state index in [-0.39, 0.29) is 23.5 Å². The van der Waals surface area contributed by atoms with Crippen molar-refractivity contribution in [2.75, 3.05) is 18.5 Å². The average molecular weight is 366 g/mol. The summed E-state index contributed by atoms with van der Waals surface area (Å²) in [5.41, 5.74) is 0.664. The fourth-order valence-corrected chi connectivity index (χ4v) is 4.62. The van der Waals surface area contributed by atoms with Crippen molar-refractivity contribution in [2.45, 2.75) is 23.8 Å². The zero-order valence-electron chi connectivity index (χ0n) is 12.9. The quantitative estimate of drug-likeness (QED) is 0.822. The third-order valence-electron chi connectivity index (χ3n) is 3.67. The molecule has 0 aliphatic carbocycles. The van der Waals surface area contributed by atoms with Crippen LogP contribution < -0.4 is 10.0 Å². The number of hydrogen-bond acceptors (Lipinski definition) is 5. The first kappa shape index (κ1) is 17.1. The van der Waals surface area contributed by atoms with Gasteiger partial charge in [-0.2, -0.15) is 0 Å². The van der Waals surface area contributed by atoms with Crippen molar-refractivity contribution >= 4 is 33.0 Å². The Balaban J connectivity index is 1.64. The molecular formula is C16H18N2O4S2. The number of para-hydroxylation sites is 1. The fourth-order valence-electron chi connectivity index (χ4n) is 2.38. The highest BCUT2D eigenvalue weighted by Crippen LogP contribution is 2.21. The van der Waals surface area contributed by atoms with Crippen molar-refractivity contribution in [1.29, 1.82) is 0 Å². The van der Waals surface area contributed by atoms with E-state index in [1.807, 2.05) is 18.2 Å². The maximum absolute atomic E-state index is 12.3. The van der Waals surface area contributed by atoms with Gasteiger partial charge >= 0.3 is 0 Å². The van der Waals surface area contributed by atoms with Crippen LogP contribution >= 0.6 is 11.3 Å². The molecule has 1 aliphatic heterocycles. The molecule has 1 amide bonds. The van der Waals surface area contributed by atoms with Crippen LogP contribution in [0, 0.1) is 0 Å². The van der Waals surface area contributed by atoms with Gasteiger partial charge in [-0.15, -0.1) is 11.3 Å².